The van der Waals surface area contributed by atoms with Gasteiger partial charge in [-0.15, -0.1) is 0 Å². The molecule has 28 heavy (non-hydrogen) atoms. The van der Waals surface area contributed by atoms with Crippen LogP contribution in [0.2, 0.25) is 0 Å². The van der Waals surface area contributed by atoms with Crippen LogP contribution < -0.4 is 0 Å². The van der Waals surface area contributed by atoms with Crippen molar-refractivity contribution in [2.75, 3.05) is 18.1 Å². The number of carbonyl (C=O) groups excluding carboxylic acids is 2. The number of carbonyl (C=O) groups is 2. The molecule has 2 fully saturated rings. The third-order valence-corrected chi connectivity index (χ3v) is 9.34. The number of benzene rings is 1. The first-order chi connectivity index (χ1) is 13.2. The maximum absolute atomic E-state index is 13.1. The highest BCUT2D eigenvalue weighted by Gasteiger charge is 2.45. The standard InChI is InChI=1S/C18H22N2O6S2/c21-17(11-19-18(22)15-7-3-4-8-16(15)28(19,25)26)20(13-5-1-2-6-13)14-9-10-27(23,24)12-14/h3-4,7-8,13-14H,1-2,5-6,9-12H2/t14-/m1/s1. The lowest BCUT2D eigenvalue weighted by atomic mass is 10.1. The topological polar surface area (TPSA) is 109 Å². The quantitative estimate of drug-likeness (QED) is 0.704. The molecule has 0 radical (unpaired) electrons. The van der Waals surface area contributed by atoms with Crippen LogP contribution in [-0.2, 0) is 24.7 Å². The highest BCUT2D eigenvalue weighted by molar-refractivity contribution is 7.91. The van der Waals surface area contributed by atoms with E-state index in [1.54, 1.807) is 11.0 Å². The van der Waals surface area contributed by atoms with E-state index < -0.39 is 44.3 Å². The lowest BCUT2D eigenvalue weighted by Crippen LogP contribution is -2.51. The summed E-state index contributed by atoms with van der Waals surface area (Å²) in [6, 6.07) is 5.33. The largest absolute Gasteiger partial charge is 0.334 e. The molecule has 0 N–H and O–H groups in total. The summed E-state index contributed by atoms with van der Waals surface area (Å²) < 4.78 is 50.0. The molecule has 4 rings (SSSR count). The van der Waals surface area contributed by atoms with Gasteiger partial charge >= 0.3 is 0 Å². The van der Waals surface area contributed by atoms with Gasteiger partial charge in [-0.2, -0.15) is 0 Å². The van der Waals surface area contributed by atoms with Gasteiger partial charge in [-0.3, -0.25) is 9.59 Å². The minimum atomic E-state index is -4.08. The van der Waals surface area contributed by atoms with Crippen molar-refractivity contribution < 1.29 is 26.4 Å². The molecule has 10 heteroatoms. The van der Waals surface area contributed by atoms with E-state index in [0.717, 1.165) is 25.7 Å². The zero-order chi connectivity index (χ0) is 20.1. The summed E-state index contributed by atoms with van der Waals surface area (Å²) in [5.74, 6) is -1.29. The number of rotatable bonds is 4. The van der Waals surface area contributed by atoms with Gasteiger partial charge < -0.3 is 4.90 Å². The number of sulfonamides is 1. The fourth-order valence-corrected chi connectivity index (χ4v) is 7.70. The molecular weight excluding hydrogens is 404 g/mol. The van der Waals surface area contributed by atoms with Crippen molar-refractivity contribution in [1.82, 2.24) is 9.21 Å². The van der Waals surface area contributed by atoms with Crippen LogP contribution in [0.1, 0.15) is 42.5 Å². The third kappa shape index (κ3) is 3.22. The maximum Gasteiger partial charge on any atom is 0.269 e. The second kappa shape index (κ2) is 6.84. The van der Waals surface area contributed by atoms with Gasteiger partial charge in [0.15, 0.2) is 9.84 Å². The van der Waals surface area contributed by atoms with Crippen LogP contribution >= 0.6 is 0 Å². The molecule has 1 atom stereocenters. The molecule has 1 saturated heterocycles. The number of hydrogen-bond acceptors (Lipinski definition) is 6. The highest BCUT2D eigenvalue weighted by atomic mass is 32.2. The van der Waals surface area contributed by atoms with Crippen molar-refractivity contribution in [2.45, 2.75) is 49.1 Å². The summed E-state index contributed by atoms with van der Waals surface area (Å²) in [5, 5.41) is 0. The smallest absolute Gasteiger partial charge is 0.269 e. The van der Waals surface area contributed by atoms with E-state index in [1.807, 2.05) is 0 Å². The zero-order valence-electron chi connectivity index (χ0n) is 15.3. The SMILES string of the molecule is O=C(CN1C(=O)c2ccccc2S1(=O)=O)N(C1CCCC1)[C@@H]1CCS(=O)(=O)C1. The van der Waals surface area contributed by atoms with Gasteiger partial charge in [-0.05, 0) is 31.4 Å². The molecular formula is C18H22N2O6S2. The second-order valence-corrected chi connectivity index (χ2v) is 11.7. The van der Waals surface area contributed by atoms with Crippen LogP contribution in [0.4, 0.5) is 0 Å². The summed E-state index contributed by atoms with van der Waals surface area (Å²) in [7, 11) is -7.28. The summed E-state index contributed by atoms with van der Waals surface area (Å²) in [4.78, 5) is 27.2. The molecule has 1 aromatic carbocycles. The predicted molar refractivity (Wildman–Crippen MR) is 101 cm³/mol. The lowest BCUT2D eigenvalue weighted by molar-refractivity contribution is -0.135. The summed E-state index contributed by atoms with van der Waals surface area (Å²) in [5.41, 5.74) is 0.0613. The number of sulfone groups is 1. The molecule has 1 aliphatic carbocycles. The molecule has 8 nitrogen and oxygen atoms in total. The first-order valence-corrected chi connectivity index (χ1v) is 12.6. The Bertz CT molecular complexity index is 1030. The van der Waals surface area contributed by atoms with E-state index in [4.69, 9.17) is 0 Å². The van der Waals surface area contributed by atoms with Gasteiger partial charge in [0.05, 0.1) is 17.1 Å². The van der Waals surface area contributed by atoms with Crippen LogP contribution in [0.25, 0.3) is 0 Å². The number of hydrogen-bond donors (Lipinski definition) is 0. The van der Waals surface area contributed by atoms with E-state index in [-0.39, 0.29) is 28.0 Å². The first-order valence-electron chi connectivity index (χ1n) is 9.38. The number of amides is 2. The van der Waals surface area contributed by atoms with Gasteiger partial charge in [0, 0.05) is 12.1 Å². The molecule has 0 bridgehead atoms. The van der Waals surface area contributed by atoms with Crippen LogP contribution in [0.5, 0.6) is 0 Å². The third-order valence-electron chi connectivity index (χ3n) is 5.80. The van der Waals surface area contributed by atoms with E-state index in [9.17, 15) is 26.4 Å². The first kappa shape index (κ1) is 19.4. The molecule has 1 aromatic rings. The summed E-state index contributed by atoms with van der Waals surface area (Å²) in [6.07, 6.45) is 3.78. The van der Waals surface area contributed by atoms with E-state index in [1.165, 1.54) is 18.2 Å². The van der Waals surface area contributed by atoms with Crippen molar-refractivity contribution >= 4 is 31.7 Å². The normalized spacial score (nSPS) is 25.8. The molecule has 152 valence electrons. The van der Waals surface area contributed by atoms with E-state index in [0.29, 0.717) is 10.7 Å². The molecule has 0 aromatic heterocycles. The van der Waals surface area contributed by atoms with Crippen molar-refractivity contribution in [3.05, 3.63) is 29.8 Å². The Hall–Kier alpha value is -1.94. The van der Waals surface area contributed by atoms with Crippen LogP contribution in [0.3, 0.4) is 0 Å². The Kier molecular flexibility index (Phi) is 4.73. The summed E-state index contributed by atoms with van der Waals surface area (Å²) >= 11 is 0. The lowest BCUT2D eigenvalue weighted by Gasteiger charge is -2.35. The van der Waals surface area contributed by atoms with Crippen molar-refractivity contribution in [1.29, 1.82) is 0 Å². The minimum absolute atomic E-state index is 0.0283. The van der Waals surface area contributed by atoms with Crippen LogP contribution in [-0.4, -0.2) is 68.0 Å². The fourth-order valence-electron chi connectivity index (χ4n) is 4.47. The number of nitrogens with zero attached hydrogens (tertiary/aromatic N) is 2. The minimum Gasteiger partial charge on any atom is -0.334 e. The Morgan fingerprint density at radius 2 is 1.71 bits per heavy atom. The van der Waals surface area contributed by atoms with E-state index >= 15 is 0 Å². The Morgan fingerprint density at radius 1 is 1.04 bits per heavy atom. The van der Waals surface area contributed by atoms with Gasteiger partial charge in [-0.25, -0.2) is 21.1 Å². The van der Waals surface area contributed by atoms with E-state index in [2.05, 4.69) is 0 Å². The molecule has 2 heterocycles. The molecule has 1 saturated carbocycles. The summed E-state index contributed by atoms with van der Waals surface area (Å²) in [6.45, 7) is -0.594. The molecule has 0 unspecified atom stereocenters. The second-order valence-electron chi connectivity index (χ2n) is 7.61. The van der Waals surface area contributed by atoms with Crippen molar-refractivity contribution in [3.63, 3.8) is 0 Å². The molecule has 2 aliphatic heterocycles. The van der Waals surface area contributed by atoms with Gasteiger partial charge in [0.2, 0.25) is 5.91 Å². The molecule has 2 amide bonds. The molecule has 3 aliphatic rings. The Labute approximate surface area is 164 Å². The zero-order valence-corrected chi connectivity index (χ0v) is 16.9. The predicted octanol–water partition coefficient (Wildman–Crippen LogP) is 0.789. The highest BCUT2D eigenvalue weighted by Crippen LogP contribution is 2.32. The average molecular weight is 427 g/mol. The molecule has 0 spiro atoms. The van der Waals surface area contributed by atoms with Gasteiger partial charge in [0.1, 0.15) is 11.4 Å². The maximum atomic E-state index is 13.1. The average Bonchev–Trinajstić information content (AvgIpc) is 3.32. The van der Waals surface area contributed by atoms with Gasteiger partial charge in [0.25, 0.3) is 15.9 Å². The van der Waals surface area contributed by atoms with Crippen molar-refractivity contribution in [2.24, 2.45) is 0 Å². The van der Waals surface area contributed by atoms with Crippen LogP contribution in [0.15, 0.2) is 29.2 Å². The monoisotopic (exact) mass is 426 g/mol. The van der Waals surface area contributed by atoms with Crippen LogP contribution in [0, 0.1) is 0 Å². The van der Waals surface area contributed by atoms with Gasteiger partial charge in [-0.1, -0.05) is 25.0 Å². The number of fused-ring (bicyclic) bond motifs is 1. The Morgan fingerprint density at radius 3 is 2.32 bits per heavy atom. The Balaban J connectivity index is 1.61. The van der Waals surface area contributed by atoms with Crippen molar-refractivity contribution in [3.8, 4) is 0 Å². The fraction of sp³-hybridized carbons (Fsp3) is 0.556.